The van der Waals surface area contributed by atoms with Crippen molar-refractivity contribution in [2.75, 3.05) is 13.1 Å². The quantitative estimate of drug-likeness (QED) is 0.647. The van der Waals surface area contributed by atoms with Crippen LogP contribution in [-0.4, -0.2) is 39.8 Å². The molecule has 1 aliphatic heterocycles. The van der Waals surface area contributed by atoms with Gasteiger partial charge in [0.25, 0.3) is 11.8 Å². The van der Waals surface area contributed by atoms with Crippen molar-refractivity contribution in [2.24, 2.45) is 0 Å². The van der Waals surface area contributed by atoms with E-state index in [4.69, 9.17) is 6.42 Å². The maximum absolute atomic E-state index is 12.5. The van der Waals surface area contributed by atoms with Gasteiger partial charge in [-0.1, -0.05) is 24.1 Å². The van der Waals surface area contributed by atoms with E-state index in [1.807, 2.05) is 0 Å². The number of benzene rings is 1. The molecule has 1 aromatic heterocycles. The fourth-order valence-corrected chi connectivity index (χ4v) is 2.01. The van der Waals surface area contributed by atoms with Gasteiger partial charge in [0, 0.05) is 6.20 Å². The zero-order chi connectivity index (χ0) is 15.7. The lowest BCUT2D eigenvalue weighted by molar-refractivity contribution is -0.113. The summed E-state index contributed by atoms with van der Waals surface area (Å²) in [6, 6.07) is 9.94. The van der Waals surface area contributed by atoms with Crippen molar-refractivity contribution in [3.63, 3.8) is 0 Å². The molecular weight excluding hydrogens is 288 g/mol. The topological polar surface area (TPSA) is 46.1 Å². The summed E-state index contributed by atoms with van der Waals surface area (Å²) in [5.74, 6) is -1.32. The van der Waals surface area contributed by atoms with Crippen LogP contribution in [-0.2, 0) is 0 Å². The van der Waals surface area contributed by atoms with Crippen LogP contribution in [0.3, 0.4) is 0 Å². The molecule has 1 fully saturated rings. The SMILES string of the molecule is C#Cc1ccnc(C(=O)N2CC(F)(F)C2)n1.c1cc2cc-2c1. The number of carbonyl (C=O) groups excluding carboxylic acids is 1. The third-order valence-corrected chi connectivity index (χ3v) is 3.24. The van der Waals surface area contributed by atoms with Gasteiger partial charge in [0.1, 0.15) is 5.69 Å². The number of alkyl halides is 2. The summed E-state index contributed by atoms with van der Waals surface area (Å²) in [6.45, 7) is -1.18. The average Bonchev–Trinajstić information content (AvgIpc) is 3.10. The molecular formula is C16H11F2N3O. The molecule has 0 N–H and O–H groups in total. The van der Waals surface area contributed by atoms with Crippen LogP contribution in [0.2, 0.25) is 0 Å². The Morgan fingerprint density at radius 2 is 1.95 bits per heavy atom. The number of terminal acetylenes is 1. The normalized spacial score (nSPS) is 15.8. The Balaban J connectivity index is 0.000000196. The van der Waals surface area contributed by atoms with Crippen LogP contribution in [0.5, 0.6) is 0 Å². The summed E-state index contributed by atoms with van der Waals surface area (Å²) >= 11 is 0. The zero-order valence-corrected chi connectivity index (χ0v) is 11.5. The smallest absolute Gasteiger partial charge is 0.292 e. The Labute approximate surface area is 125 Å². The number of hydrogen-bond acceptors (Lipinski definition) is 3. The molecule has 0 bridgehead atoms. The number of likely N-dealkylation sites (tertiary alicyclic amines) is 1. The highest BCUT2D eigenvalue weighted by Gasteiger charge is 2.47. The molecule has 0 spiro atoms. The largest absolute Gasteiger partial charge is 0.324 e. The Bertz CT molecular complexity index is 758. The predicted octanol–water partition coefficient (Wildman–Crippen LogP) is 2.22. The van der Waals surface area contributed by atoms with Gasteiger partial charge in [0.05, 0.1) is 13.1 Å². The van der Waals surface area contributed by atoms with E-state index in [-0.39, 0.29) is 11.5 Å². The first-order chi connectivity index (χ1) is 10.5. The highest BCUT2D eigenvalue weighted by atomic mass is 19.3. The Hall–Kier alpha value is -2.81. The number of nitrogens with zero attached hydrogens (tertiary/aromatic N) is 3. The van der Waals surface area contributed by atoms with E-state index >= 15 is 0 Å². The van der Waals surface area contributed by atoms with Crippen molar-refractivity contribution in [1.82, 2.24) is 14.9 Å². The average molecular weight is 299 g/mol. The van der Waals surface area contributed by atoms with E-state index in [2.05, 4.69) is 40.2 Å². The van der Waals surface area contributed by atoms with Crippen molar-refractivity contribution in [2.45, 2.75) is 5.92 Å². The van der Waals surface area contributed by atoms with Gasteiger partial charge in [0.15, 0.2) is 0 Å². The molecule has 1 amide bonds. The lowest BCUT2D eigenvalue weighted by Gasteiger charge is -2.38. The Morgan fingerprint density at radius 3 is 2.41 bits per heavy atom. The van der Waals surface area contributed by atoms with E-state index in [9.17, 15) is 13.6 Å². The zero-order valence-electron chi connectivity index (χ0n) is 11.5. The van der Waals surface area contributed by atoms with Crippen LogP contribution in [0.15, 0.2) is 36.5 Å². The van der Waals surface area contributed by atoms with Gasteiger partial charge < -0.3 is 4.90 Å². The molecule has 0 atom stereocenters. The number of amides is 1. The highest BCUT2D eigenvalue weighted by molar-refractivity contribution is 5.91. The molecule has 0 aromatic carbocycles. The van der Waals surface area contributed by atoms with E-state index in [1.54, 1.807) is 0 Å². The molecule has 0 saturated carbocycles. The van der Waals surface area contributed by atoms with Crippen molar-refractivity contribution in [1.29, 1.82) is 0 Å². The van der Waals surface area contributed by atoms with Gasteiger partial charge in [-0.3, -0.25) is 4.79 Å². The fraction of sp³-hybridized carbons (Fsp3) is 0.188. The van der Waals surface area contributed by atoms with Gasteiger partial charge >= 0.3 is 0 Å². The molecule has 1 aromatic rings. The molecule has 1 saturated heterocycles. The first-order valence-electron chi connectivity index (χ1n) is 6.56. The lowest BCUT2D eigenvalue weighted by Crippen LogP contribution is -2.58. The molecule has 3 aliphatic rings. The minimum Gasteiger partial charge on any atom is -0.324 e. The van der Waals surface area contributed by atoms with Gasteiger partial charge in [-0.15, -0.1) is 6.42 Å². The van der Waals surface area contributed by atoms with E-state index in [1.165, 1.54) is 23.4 Å². The number of halogens is 2. The lowest BCUT2D eigenvalue weighted by atomic mass is 10.1. The second-order valence-electron chi connectivity index (χ2n) is 5.01. The van der Waals surface area contributed by atoms with Crippen LogP contribution in [0.1, 0.15) is 16.3 Å². The van der Waals surface area contributed by atoms with Crippen molar-refractivity contribution >= 4 is 5.91 Å². The summed E-state index contributed by atoms with van der Waals surface area (Å²) < 4.78 is 25.1. The molecule has 4 nitrogen and oxygen atoms in total. The van der Waals surface area contributed by atoms with Crippen molar-refractivity contribution in [3.05, 3.63) is 48.0 Å². The van der Waals surface area contributed by atoms with E-state index in [0.29, 0.717) is 0 Å². The monoisotopic (exact) mass is 299 g/mol. The second-order valence-corrected chi connectivity index (χ2v) is 5.01. The maximum atomic E-state index is 12.5. The number of hydrogen-bond donors (Lipinski definition) is 0. The van der Waals surface area contributed by atoms with E-state index < -0.39 is 24.9 Å². The van der Waals surface area contributed by atoms with Gasteiger partial charge in [-0.25, -0.2) is 18.7 Å². The van der Waals surface area contributed by atoms with Gasteiger partial charge in [-0.05, 0) is 23.3 Å². The molecule has 6 heteroatoms. The highest BCUT2D eigenvalue weighted by Crippen LogP contribution is 2.32. The van der Waals surface area contributed by atoms with Crippen molar-refractivity contribution < 1.29 is 13.6 Å². The Kier molecular flexibility index (Phi) is 3.33. The molecule has 2 aliphatic carbocycles. The molecule has 0 unspecified atom stereocenters. The third kappa shape index (κ3) is 2.93. The first-order valence-corrected chi connectivity index (χ1v) is 6.56. The summed E-state index contributed by atoms with van der Waals surface area (Å²) in [5.41, 5.74) is 3.11. The second kappa shape index (κ2) is 5.19. The van der Waals surface area contributed by atoms with E-state index in [0.717, 1.165) is 4.90 Å². The molecule has 0 radical (unpaired) electrons. The van der Waals surface area contributed by atoms with Crippen LogP contribution in [0.4, 0.5) is 8.78 Å². The summed E-state index contributed by atoms with van der Waals surface area (Å²) in [5, 5.41) is 0. The van der Waals surface area contributed by atoms with Crippen LogP contribution >= 0.6 is 0 Å². The Morgan fingerprint density at radius 1 is 1.27 bits per heavy atom. The summed E-state index contributed by atoms with van der Waals surface area (Å²) in [6.07, 6.45) is 6.43. The standard InChI is InChI=1S/C10H7F2N3O.C6H4/c1-2-7-3-4-13-8(14-7)9(16)15-5-10(11,12)6-15;1-2-5-4-6(5)3-1/h1,3-4H,5-6H2;1-4H. The van der Waals surface area contributed by atoms with Crippen LogP contribution < -0.4 is 0 Å². The van der Waals surface area contributed by atoms with Crippen molar-refractivity contribution in [3.8, 4) is 23.5 Å². The molecule has 4 rings (SSSR count). The number of rotatable bonds is 1. The minimum absolute atomic E-state index is 0.147. The van der Waals surface area contributed by atoms with Gasteiger partial charge in [-0.2, -0.15) is 0 Å². The number of carbonyl (C=O) groups is 1. The van der Waals surface area contributed by atoms with Gasteiger partial charge in [0.2, 0.25) is 5.82 Å². The summed E-state index contributed by atoms with van der Waals surface area (Å²) in [4.78, 5) is 20.0. The van der Waals surface area contributed by atoms with Crippen LogP contribution in [0.25, 0.3) is 11.1 Å². The fourth-order valence-electron chi connectivity index (χ4n) is 2.01. The van der Waals surface area contributed by atoms with Crippen LogP contribution in [0, 0.1) is 12.3 Å². The molecule has 22 heavy (non-hydrogen) atoms. The summed E-state index contributed by atoms with van der Waals surface area (Å²) in [7, 11) is 0. The number of fused-ring (bicyclic) bond motifs is 1. The maximum Gasteiger partial charge on any atom is 0.292 e. The minimum atomic E-state index is -2.79. The molecule has 2 heterocycles. The first kappa shape index (κ1) is 14.1. The third-order valence-electron chi connectivity index (χ3n) is 3.24. The molecule has 110 valence electrons. The predicted molar refractivity (Wildman–Crippen MR) is 76.3 cm³/mol. The number of aromatic nitrogens is 2.